The van der Waals surface area contributed by atoms with Gasteiger partial charge in [-0.05, 0) is 37.0 Å². The molecular weight excluding hydrogens is 234 g/mol. The quantitative estimate of drug-likeness (QED) is 0.729. The maximum atomic E-state index is 11.7. The van der Waals surface area contributed by atoms with Gasteiger partial charge in [-0.3, -0.25) is 4.79 Å². The van der Waals surface area contributed by atoms with Crippen molar-refractivity contribution in [3.8, 4) is 0 Å². The summed E-state index contributed by atoms with van der Waals surface area (Å²) in [6.45, 7) is 0.698. The third-order valence-corrected chi connectivity index (χ3v) is 3.01. The van der Waals surface area contributed by atoms with E-state index in [0.29, 0.717) is 18.1 Å². The minimum absolute atomic E-state index is 0.151. The highest BCUT2D eigenvalue weighted by Gasteiger charge is 2.05. The third kappa shape index (κ3) is 5.58. The van der Waals surface area contributed by atoms with E-state index in [-0.39, 0.29) is 5.91 Å². The minimum atomic E-state index is -0.151. The van der Waals surface area contributed by atoms with Crippen LogP contribution in [0.1, 0.15) is 29.8 Å². The smallest absolute Gasteiger partial charge is 0.269 e. The summed E-state index contributed by atoms with van der Waals surface area (Å²) in [5, 5.41) is 2.84. The number of hydrogen-bond donors (Lipinski definition) is 2. The summed E-state index contributed by atoms with van der Waals surface area (Å²) in [4.78, 5) is 15.6. The van der Waals surface area contributed by atoms with E-state index in [1.807, 2.05) is 11.8 Å². The van der Waals surface area contributed by atoms with E-state index in [1.54, 1.807) is 18.2 Å². The SMILES string of the molecule is CSCCCCCNC(=O)c1cccc(N)n1. The normalized spacial score (nSPS) is 10.2. The fourth-order valence-electron chi connectivity index (χ4n) is 1.42. The number of hydrogen-bond acceptors (Lipinski definition) is 4. The molecule has 0 unspecified atom stereocenters. The second-order valence-electron chi connectivity index (χ2n) is 3.76. The molecular formula is C12H19N3OS. The molecule has 5 heteroatoms. The number of unbranched alkanes of at least 4 members (excludes halogenated alkanes) is 2. The average molecular weight is 253 g/mol. The fraction of sp³-hybridized carbons (Fsp3) is 0.500. The van der Waals surface area contributed by atoms with E-state index in [4.69, 9.17) is 5.73 Å². The minimum Gasteiger partial charge on any atom is -0.384 e. The molecule has 0 bridgehead atoms. The molecule has 0 saturated heterocycles. The molecule has 1 amide bonds. The Balaban J connectivity index is 2.21. The summed E-state index contributed by atoms with van der Waals surface area (Å²) < 4.78 is 0. The Morgan fingerprint density at radius 2 is 2.24 bits per heavy atom. The molecule has 0 fully saturated rings. The Hall–Kier alpha value is -1.23. The molecule has 4 nitrogen and oxygen atoms in total. The van der Waals surface area contributed by atoms with Crippen molar-refractivity contribution in [2.45, 2.75) is 19.3 Å². The molecule has 0 aliphatic heterocycles. The summed E-state index contributed by atoms with van der Waals surface area (Å²) in [7, 11) is 0. The van der Waals surface area contributed by atoms with Crippen LogP contribution >= 0.6 is 11.8 Å². The summed E-state index contributed by atoms with van der Waals surface area (Å²) in [6.07, 6.45) is 5.46. The molecule has 0 aliphatic rings. The number of nitrogens with two attached hydrogens (primary N) is 1. The Labute approximate surface area is 106 Å². The van der Waals surface area contributed by atoms with E-state index in [0.717, 1.165) is 12.8 Å². The van der Waals surface area contributed by atoms with E-state index in [1.165, 1.54) is 12.2 Å². The highest BCUT2D eigenvalue weighted by Crippen LogP contribution is 2.02. The lowest BCUT2D eigenvalue weighted by molar-refractivity contribution is 0.0948. The number of thioether (sulfide) groups is 1. The van der Waals surface area contributed by atoms with Gasteiger partial charge in [0, 0.05) is 6.54 Å². The lowest BCUT2D eigenvalue weighted by atomic mass is 10.2. The van der Waals surface area contributed by atoms with Crippen LogP contribution in [0.25, 0.3) is 0 Å². The monoisotopic (exact) mass is 253 g/mol. The van der Waals surface area contributed by atoms with Crippen LogP contribution in [0.15, 0.2) is 18.2 Å². The van der Waals surface area contributed by atoms with Crippen LogP contribution in [0.4, 0.5) is 5.82 Å². The van der Waals surface area contributed by atoms with E-state index in [2.05, 4.69) is 16.6 Å². The number of amides is 1. The topological polar surface area (TPSA) is 68.0 Å². The number of carbonyl (C=O) groups excluding carboxylic acids is 1. The Morgan fingerprint density at radius 1 is 1.41 bits per heavy atom. The van der Waals surface area contributed by atoms with Gasteiger partial charge in [0.15, 0.2) is 0 Å². The molecule has 0 radical (unpaired) electrons. The van der Waals surface area contributed by atoms with Crippen LogP contribution in [-0.4, -0.2) is 29.4 Å². The molecule has 1 aromatic heterocycles. The molecule has 1 rings (SSSR count). The molecule has 0 aromatic carbocycles. The summed E-state index contributed by atoms with van der Waals surface area (Å²) in [6, 6.07) is 5.06. The van der Waals surface area contributed by atoms with Crippen molar-refractivity contribution in [3.63, 3.8) is 0 Å². The van der Waals surface area contributed by atoms with Crippen LogP contribution in [0.2, 0.25) is 0 Å². The number of nitrogen functional groups attached to an aromatic ring is 1. The number of aromatic nitrogens is 1. The van der Waals surface area contributed by atoms with Gasteiger partial charge < -0.3 is 11.1 Å². The largest absolute Gasteiger partial charge is 0.384 e. The molecule has 17 heavy (non-hydrogen) atoms. The summed E-state index contributed by atoms with van der Waals surface area (Å²) in [5.41, 5.74) is 5.90. The molecule has 0 saturated carbocycles. The molecule has 3 N–H and O–H groups in total. The molecule has 1 heterocycles. The van der Waals surface area contributed by atoms with Crippen LogP contribution in [0, 0.1) is 0 Å². The van der Waals surface area contributed by atoms with E-state index >= 15 is 0 Å². The van der Waals surface area contributed by atoms with Gasteiger partial charge in [-0.2, -0.15) is 11.8 Å². The van der Waals surface area contributed by atoms with Crippen LogP contribution in [0.5, 0.6) is 0 Å². The van der Waals surface area contributed by atoms with Crippen molar-refractivity contribution in [2.75, 3.05) is 24.3 Å². The molecule has 0 atom stereocenters. The van der Waals surface area contributed by atoms with Crippen molar-refractivity contribution in [1.82, 2.24) is 10.3 Å². The zero-order valence-electron chi connectivity index (χ0n) is 10.1. The highest BCUT2D eigenvalue weighted by atomic mass is 32.2. The Morgan fingerprint density at radius 3 is 2.94 bits per heavy atom. The lowest BCUT2D eigenvalue weighted by Gasteiger charge is -2.04. The van der Waals surface area contributed by atoms with Gasteiger partial charge >= 0.3 is 0 Å². The van der Waals surface area contributed by atoms with Crippen molar-refractivity contribution < 1.29 is 4.79 Å². The number of pyridine rings is 1. The van der Waals surface area contributed by atoms with E-state index < -0.39 is 0 Å². The van der Waals surface area contributed by atoms with Gasteiger partial charge in [-0.15, -0.1) is 0 Å². The first-order valence-corrected chi connectivity index (χ1v) is 7.13. The third-order valence-electron chi connectivity index (χ3n) is 2.31. The second-order valence-corrected chi connectivity index (χ2v) is 4.74. The molecule has 0 spiro atoms. The summed E-state index contributed by atoms with van der Waals surface area (Å²) >= 11 is 1.85. The van der Waals surface area contributed by atoms with Crippen LogP contribution < -0.4 is 11.1 Å². The van der Waals surface area contributed by atoms with Crippen molar-refractivity contribution in [2.24, 2.45) is 0 Å². The Kier molecular flexibility index (Phi) is 6.47. The standard InChI is InChI=1S/C12H19N3OS/c1-17-9-4-2-3-8-14-12(16)10-6-5-7-11(13)15-10/h5-7H,2-4,8-9H2,1H3,(H2,13,15)(H,14,16). The average Bonchev–Trinajstić information content (AvgIpc) is 2.33. The fourth-order valence-corrected chi connectivity index (χ4v) is 1.91. The maximum Gasteiger partial charge on any atom is 0.269 e. The Bertz CT molecular complexity index is 357. The zero-order valence-corrected chi connectivity index (χ0v) is 10.9. The number of carbonyl (C=O) groups is 1. The maximum absolute atomic E-state index is 11.7. The predicted octanol–water partition coefficient (Wildman–Crippen LogP) is 1.93. The lowest BCUT2D eigenvalue weighted by Crippen LogP contribution is -2.25. The zero-order chi connectivity index (χ0) is 12.5. The van der Waals surface area contributed by atoms with Crippen molar-refractivity contribution >= 4 is 23.5 Å². The van der Waals surface area contributed by atoms with Crippen molar-refractivity contribution in [3.05, 3.63) is 23.9 Å². The van der Waals surface area contributed by atoms with Crippen LogP contribution in [-0.2, 0) is 0 Å². The first-order valence-electron chi connectivity index (χ1n) is 5.73. The van der Waals surface area contributed by atoms with Gasteiger partial charge in [0.05, 0.1) is 0 Å². The highest BCUT2D eigenvalue weighted by molar-refractivity contribution is 7.98. The number of rotatable bonds is 7. The first-order chi connectivity index (χ1) is 8.24. The second kappa shape index (κ2) is 7.95. The predicted molar refractivity (Wildman–Crippen MR) is 73.2 cm³/mol. The van der Waals surface area contributed by atoms with E-state index in [9.17, 15) is 4.79 Å². The van der Waals surface area contributed by atoms with Gasteiger partial charge in [-0.25, -0.2) is 4.98 Å². The van der Waals surface area contributed by atoms with Gasteiger partial charge in [-0.1, -0.05) is 12.5 Å². The number of nitrogens with one attached hydrogen (secondary N) is 1. The molecule has 94 valence electrons. The van der Waals surface area contributed by atoms with Crippen LogP contribution in [0.3, 0.4) is 0 Å². The number of anilines is 1. The van der Waals surface area contributed by atoms with Gasteiger partial charge in [0.2, 0.25) is 0 Å². The molecule has 0 aliphatic carbocycles. The van der Waals surface area contributed by atoms with Gasteiger partial charge in [0.25, 0.3) is 5.91 Å². The number of nitrogens with zero attached hydrogens (tertiary/aromatic N) is 1. The van der Waals surface area contributed by atoms with Gasteiger partial charge in [0.1, 0.15) is 11.5 Å². The summed E-state index contributed by atoms with van der Waals surface area (Å²) in [5.74, 6) is 1.41. The first kappa shape index (κ1) is 13.8. The molecule has 1 aromatic rings. The van der Waals surface area contributed by atoms with Crippen molar-refractivity contribution in [1.29, 1.82) is 0 Å².